The first kappa shape index (κ1) is 7.81. The molecule has 1 aromatic rings. The number of aryl methyl sites for hydroxylation is 1. The van der Waals surface area contributed by atoms with Crippen LogP contribution < -0.4 is 5.44 Å². The van der Waals surface area contributed by atoms with Crippen molar-refractivity contribution in [1.29, 1.82) is 0 Å². The summed E-state index contributed by atoms with van der Waals surface area (Å²) in [4.78, 5) is 0. The molecule has 0 aliphatic heterocycles. The Kier molecular flexibility index (Phi) is 1.87. The summed E-state index contributed by atoms with van der Waals surface area (Å²) in [5.74, 6) is 0. The third kappa shape index (κ3) is 1.41. The fourth-order valence-corrected chi connectivity index (χ4v) is 2.70. The molecule has 0 bridgehead atoms. The highest BCUT2D eigenvalue weighted by Crippen LogP contribution is 2.44. The standard InChI is InChI=1S/C8H15NP/c1-9-7-5-6-8(9)10(2,3)4/h5-7H,1-4H3/q+1. The largest absolute Gasteiger partial charge is 0.323 e. The van der Waals surface area contributed by atoms with E-state index in [1.807, 2.05) is 0 Å². The predicted molar refractivity (Wildman–Crippen MR) is 49.7 cm³/mol. The number of rotatable bonds is 1. The fraction of sp³-hybridized carbons (Fsp3) is 0.500. The van der Waals surface area contributed by atoms with E-state index in [0.717, 1.165) is 0 Å². The Hall–Kier alpha value is -0.290. The van der Waals surface area contributed by atoms with Crippen LogP contribution in [0.4, 0.5) is 0 Å². The van der Waals surface area contributed by atoms with E-state index in [2.05, 4.69) is 49.9 Å². The molecule has 1 heterocycles. The molecule has 56 valence electrons. The van der Waals surface area contributed by atoms with Crippen molar-refractivity contribution in [1.82, 2.24) is 4.57 Å². The van der Waals surface area contributed by atoms with E-state index in [0.29, 0.717) is 0 Å². The van der Waals surface area contributed by atoms with Crippen molar-refractivity contribution in [2.45, 2.75) is 0 Å². The molecule has 2 heteroatoms. The van der Waals surface area contributed by atoms with Gasteiger partial charge in [-0.1, -0.05) is 0 Å². The van der Waals surface area contributed by atoms with Crippen LogP contribution in [0.3, 0.4) is 0 Å². The average Bonchev–Trinajstić information content (AvgIpc) is 2.11. The molecule has 0 fully saturated rings. The van der Waals surface area contributed by atoms with E-state index >= 15 is 0 Å². The molecule has 0 atom stereocenters. The molecule has 0 N–H and O–H groups in total. The van der Waals surface area contributed by atoms with Gasteiger partial charge in [0.05, 0.1) is 27.3 Å². The summed E-state index contributed by atoms with van der Waals surface area (Å²) in [6.07, 6.45) is 2.11. The monoisotopic (exact) mass is 156 g/mol. The first-order chi connectivity index (χ1) is 4.52. The molecule has 1 nitrogen and oxygen atoms in total. The maximum atomic E-state index is 2.34. The maximum Gasteiger partial charge on any atom is 0.162 e. The van der Waals surface area contributed by atoms with Crippen LogP contribution in [-0.2, 0) is 7.05 Å². The highest BCUT2D eigenvalue weighted by Gasteiger charge is 2.23. The van der Waals surface area contributed by atoms with Crippen molar-refractivity contribution in [3.05, 3.63) is 18.3 Å². The van der Waals surface area contributed by atoms with Crippen LogP contribution in [0.2, 0.25) is 0 Å². The van der Waals surface area contributed by atoms with Gasteiger partial charge in [0.25, 0.3) is 0 Å². The molecular weight excluding hydrogens is 141 g/mol. The summed E-state index contributed by atoms with van der Waals surface area (Å²) in [6, 6.07) is 4.33. The van der Waals surface area contributed by atoms with E-state index in [9.17, 15) is 0 Å². The summed E-state index contributed by atoms with van der Waals surface area (Å²) in [6.45, 7) is 7.01. The van der Waals surface area contributed by atoms with E-state index in [1.165, 1.54) is 5.44 Å². The lowest BCUT2D eigenvalue weighted by molar-refractivity contribution is 0.958. The van der Waals surface area contributed by atoms with Gasteiger partial charge in [-0.2, -0.15) is 0 Å². The number of hydrogen-bond acceptors (Lipinski definition) is 0. The molecule has 1 rings (SSSR count). The molecule has 0 radical (unpaired) electrons. The van der Waals surface area contributed by atoms with Gasteiger partial charge in [-0.25, -0.2) is 0 Å². The predicted octanol–water partition coefficient (Wildman–Crippen LogP) is 1.56. The molecule has 0 aromatic carbocycles. The van der Waals surface area contributed by atoms with E-state index < -0.39 is 7.26 Å². The number of hydrogen-bond donors (Lipinski definition) is 0. The molecule has 0 unspecified atom stereocenters. The van der Waals surface area contributed by atoms with E-state index in [4.69, 9.17) is 0 Å². The van der Waals surface area contributed by atoms with Crippen LogP contribution in [-0.4, -0.2) is 24.6 Å². The third-order valence-corrected chi connectivity index (χ3v) is 3.44. The lowest BCUT2D eigenvalue weighted by atomic mass is 10.7. The molecule has 0 saturated heterocycles. The summed E-state index contributed by atoms with van der Waals surface area (Å²) in [7, 11) is 1.32. The average molecular weight is 156 g/mol. The minimum atomic E-state index is -0.795. The SMILES string of the molecule is Cn1cccc1[P+](C)(C)C. The van der Waals surface area contributed by atoms with Gasteiger partial charge in [0.15, 0.2) is 5.44 Å². The minimum absolute atomic E-state index is 0.795. The Balaban J connectivity index is 3.05. The molecule has 0 aliphatic rings. The van der Waals surface area contributed by atoms with Gasteiger partial charge in [-0.15, -0.1) is 0 Å². The van der Waals surface area contributed by atoms with Crippen LogP contribution in [0.25, 0.3) is 0 Å². The van der Waals surface area contributed by atoms with Crippen LogP contribution in [0.5, 0.6) is 0 Å². The van der Waals surface area contributed by atoms with Gasteiger partial charge < -0.3 is 4.57 Å². The normalized spacial score (nSPS) is 12.0. The Labute approximate surface area is 63.4 Å². The first-order valence-corrected chi connectivity index (χ1v) is 6.58. The molecule has 1 aromatic heterocycles. The van der Waals surface area contributed by atoms with E-state index in [1.54, 1.807) is 0 Å². The zero-order chi connectivity index (χ0) is 7.78. The third-order valence-electron chi connectivity index (χ3n) is 1.60. The first-order valence-electron chi connectivity index (χ1n) is 3.45. The van der Waals surface area contributed by atoms with Crippen molar-refractivity contribution in [2.24, 2.45) is 7.05 Å². The van der Waals surface area contributed by atoms with Gasteiger partial charge in [0.1, 0.15) is 0 Å². The molecule has 0 aliphatic carbocycles. The molecular formula is C8H15NP+. The number of nitrogens with zero attached hydrogens (tertiary/aromatic N) is 1. The van der Waals surface area contributed by atoms with Crippen LogP contribution in [0.15, 0.2) is 18.3 Å². The smallest absolute Gasteiger partial charge is 0.162 e. The second-order valence-electron chi connectivity index (χ2n) is 3.49. The Bertz CT molecular complexity index is 219. The summed E-state index contributed by atoms with van der Waals surface area (Å²) < 4.78 is 2.22. The second kappa shape index (κ2) is 2.39. The molecule has 0 amide bonds. The van der Waals surface area contributed by atoms with Gasteiger partial charge in [-0.3, -0.25) is 0 Å². The van der Waals surface area contributed by atoms with Crippen molar-refractivity contribution in [2.75, 3.05) is 20.0 Å². The van der Waals surface area contributed by atoms with Crippen LogP contribution >= 0.6 is 7.26 Å². The zero-order valence-corrected chi connectivity index (χ0v) is 8.02. The lowest BCUT2D eigenvalue weighted by Crippen LogP contribution is -2.15. The minimum Gasteiger partial charge on any atom is -0.323 e. The zero-order valence-electron chi connectivity index (χ0n) is 7.13. The van der Waals surface area contributed by atoms with Gasteiger partial charge in [-0.05, 0) is 12.1 Å². The summed E-state index contributed by atoms with van der Waals surface area (Å²) in [5, 5.41) is 0. The van der Waals surface area contributed by atoms with Crippen molar-refractivity contribution in [3.8, 4) is 0 Å². The van der Waals surface area contributed by atoms with Crippen molar-refractivity contribution in [3.63, 3.8) is 0 Å². The summed E-state index contributed by atoms with van der Waals surface area (Å²) in [5.41, 5.74) is 1.49. The van der Waals surface area contributed by atoms with Gasteiger partial charge >= 0.3 is 0 Å². The second-order valence-corrected chi connectivity index (χ2v) is 7.97. The topological polar surface area (TPSA) is 4.93 Å². The molecule has 0 spiro atoms. The number of aromatic nitrogens is 1. The van der Waals surface area contributed by atoms with Gasteiger partial charge in [0.2, 0.25) is 0 Å². The lowest BCUT2D eigenvalue weighted by Gasteiger charge is -2.11. The fourth-order valence-electron chi connectivity index (χ4n) is 1.15. The maximum absolute atomic E-state index is 2.34. The highest BCUT2D eigenvalue weighted by atomic mass is 31.2. The quantitative estimate of drug-likeness (QED) is 0.544. The van der Waals surface area contributed by atoms with Crippen molar-refractivity contribution < 1.29 is 0 Å². The van der Waals surface area contributed by atoms with E-state index in [-0.39, 0.29) is 0 Å². The Morgan fingerprint density at radius 3 is 2.10 bits per heavy atom. The summed E-state index contributed by atoms with van der Waals surface area (Å²) >= 11 is 0. The van der Waals surface area contributed by atoms with Gasteiger partial charge in [0, 0.05) is 13.2 Å². The Morgan fingerprint density at radius 1 is 1.30 bits per heavy atom. The highest BCUT2D eigenvalue weighted by molar-refractivity contribution is 7.80. The molecule has 10 heavy (non-hydrogen) atoms. The van der Waals surface area contributed by atoms with Crippen molar-refractivity contribution >= 4 is 12.7 Å². The Morgan fingerprint density at radius 2 is 1.90 bits per heavy atom. The van der Waals surface area contributed by atoms with Crippen LogP contribution in [0, 0.1) is 0 Å². The van der Waals surface area contributed by atoms with Crippen LogP contribution in [0.1, 0.15) is 0 Å². The molecule has 0 saturated carbocycles.